The van der Waals surface area contributed by atoms with Crippen molar-refractivity contribution in [2.75, 3.05) is 17.7 Å². The van der Waals surface area contributed by atoms with E-state index in [0.717, 1.165) is 27.5 Å². The number of ether oxygens (including phenoxy) is 1. The Morgan fingerprint density at radius 3 is 2.26 bits per heavy atom. The minimum absolute atomic E-state index is 0.0643. The number of fused-ring (bicyclic) bond motifs is 1. The van der Waals surface area contributed by atoms with E-state index in [9.17, 15) is 19.5 Å². The molecule has 0 aliphatic rings. The van der Waals surface area contributed by atoms with Gasteiger partial charge in [-0.1, -0.05) is 66.7 Å². The molecule has 0 saturated heterocycles. The number of rotatable bonds is 10. The summed E-state index contributed by atoms with van der Waals surface area (Å²) >= 11 is 2.73. The van der Waals surface area contributed by atoms with Crippen LogP contribution >= 0.6 is 23.1 Å². The number of benzene rings is 5. The van der Waals surface area contributed by atoms with Gasteiger partial charge in [-0.05, 0) is 59.5 Å². The number of carboxylic acids is 1. The van der Waals surface area contributed by atoms with Crippen LogP contribution < -0.4 is 15.4 Å². The Hall–Kier alpha value is -5.45. The molecule has 0 bridgehead atoms. The lowest BCUT2D eigenvalue weighted by molar-refractivity contribution is -0.115. The molecule has 0 fully saturated rings. The summed E-state index contributed by atoms with van der Waals surface area (Å²) in [5, 5.41) is 18.4. The van der Waals surface area contributed by atoms with Gasteiger partial charge in [0.05, 0.1) is 18.4 Å². The number of hydrogen-bond donors (Lipinski definition) is 3. The molecule has 0 saturated carbocycles. The van der Waals surface area contributed by atoms with Gasteiger partial charge in [-0.25, -0.2) is 9.78 Å². The zero-order valence-corrected chi connectivity index (χ0v) is 26.1. The molecule has 1 heterocycles. The van der Waals surface area contributed by atoms with Crippen LogP contribution in [0.2, 0.25) is 0 Å². The maximum Gasteiger partial charge on any atom is 0.336 e. The van der Waals surface area contributed by atoms with E-state index in [2.05, 4.69) is 15.6 Å². The molecule has 1 aromatic heterocycles. The minimum Gasteiger partial charge on any atom is -0.497 e. The van der Waals surface area contributed by atoms with Crippen LogP contribution in [0.1, 0.15) is 31.5 Å². The summed E-state index contributed by atoms with van der Waals surface area (Å²) in [6, 6.07) is 34.3. The zero-order valence-electron chi connectivity index (χ0n) is 24.5. The molecule has 6 rings (SSSR count). The van der Waals surface area contributed by atoms with Crippen LogP contribution in [0.25, 0.3) is 22.0 Å². The fourth-order valence-corrected chi connectivity index (χ4v) is 6.72. The molecule has 5 aromatic carbocycles. The summed E-state index contributed by atoms with van der Waals surface area (Å²) < 4.78 is 5.32. The molecule has 1 atom stereocenters. The SMILES string of the molecule is COc1cccc(-c2csc(NC(=O)C(Sc3ccc(NC(=O)c4cccc5cccc(C(=O)O)c45)cc3)c3ccccc3)n2)c1. The fourth-order valence-electron chi connectivity index (χ4n) is 4.98. The highest BCUT2D eigenvalue weighted by Crippen LogP contribution is 2.37. The molecule has 2 amide bonds. The van der Waals surface area contributed by atoms with E-state index in [1.807, 2.05) is 72.1 Å². The molecule has 0 spiro atoms. The Morgan fingerprint density at radius 1 is 0.826 bits per heavy atom. The average molecular weight is 646 g/mol. The smallest absolute Gasteiger partial charge is 0.336 e. The molecule has 0 aliphatic heterocycles. The van der Waals surface area contributed by atoms with Crippen LogP contribution in [-0.2, 0) is 4.79 Å². The highest BCUT2D eigenvalue weighted by Gasteiger charge is 2.24. The number of thiazole rings is 1. The van der Waals surface area contributed by atoms with Gasteiger partial charge in [0.25, 0.3) is 5.91 Å². The van der Waals surface area contributed by atoms with Gasteiger partial charge in [0.15, 0.2) is 5.13 Å². The van der Waals surface area contributed by atoms with Crippen LogP contribution in [0.3, 0.4) is 0 Å². The summed E-state index contributed by atoms with van der Waals surface area (Å²) in [6.45, 7) is 0. The first-order valence-electron chi connectivity index (χ1n) is 14.2. The summed E-state index contributed by atoms with van der Waals surface area (Å²) in [5.74, 6) is -1.01. The number of thioether (sulfide) groups is 1. The lowest BCUT2D eigenvalue weighted by Crippen LogP contribution is -2.19. The number of nitrogens with zero attached hydrogens (tertiary/aromatic N) is 1. The number of methoxy groups -OCH3 is 1. The number of hydrogen-bond acceptors (Lipinski definition) is 7. The number of carboxylic acid groups (broad SMARTS) is 1. The van der Waals surface area contributed by atoms with E-state index in [4.69, 9.17) is 4.74 Å². The number of aromatic nitrogens is 1. The van der Waals surface area contributed by atoms with Gasteiger partial charge in [0.1, 0.15) is 11.0 Å². The molecule has 0 aliphatic carbocycles. The quantitative estimate of drug-likeness (QED) is 0.128. The first-order chi connectivity index (χ1) is 22.4. The van der Waals surface area contributed by atoms with Crippen LogP contribution in [0.5, 0.6) is 5.75 Å². The monoisotopic (exact) mass is 645 g/mol. The lowest BCUT2D eigenvalue weighted by atomic mass is 9.98. The van der Waals surface area contributed by atoms with Crippen molar-refractivity contribution in [2.45, 2.75) is 10.1 Å². The predicted molar refractivity (Wildman–Crippen MR) is 183 cm³/mol. The lowest BCUT2D eigenvalue weighted by Gasteiger charge is -2.16. The molecule has 0 radical (unpaired) electrons. The number of nitrogens with one attached hydrogen (secondary N) is 2. The van der Waals surface area contributed by atoms with Crippen LogP contribution in [0.15, 0.2) is 126 Å². The minimum atomic E-state index is -1.10. The standard InChI is InChI=1S/C36H27N3O5S2/c1-44-26-13-5-12-24(20-26)30-21-45-36(38-30)39-34(41)32(23-8-3-2-4-9-23)46-27-18-16-25(17-19-27)37-33(40)28-14-6-10-22-11-7-15-29(31(22)28)35(42)43/h2-21,32H,1H3,(H,37,40)(H,42,43)(H,38,39,41). The Bertz CT molecular complexity index is 2040. The second kappa shape index (κ2) is 13.7. The molecule has 46 heavy (non-hydrogen) atoms. The van der Waals surface area contributed by atoms with E-state index >= 15 is 0 Å². The van der Waals surface area contributed by atoms with Crippen LogP contribution in [0, 0.1) is 0 Å². The summed E-state index contributed by atoms with van der Waals surface area (Å²) in [7, 11) is 1.61. The van der Waals surface area contributed by atoms with Crippen molar-refractivity contribution in [1.29, 1.82) is 0 Å². The van der Waals surface area contributed by atoms with Crippen LogP contribution in [-0.4, -0.2) is 35.0 Å². The molecular weight excluding hydrogens is 619 g/mol. The maximum atomic E-state index is 13.6. The topological polar surface area (TPSA) is 118 Å². The van der Waals surface area contributed by atoms with Gasteiger partial charge in [-0.15, -0.1) is 23.1 Å². The largest absolute Gasteiger partial charge is 0.497 e. The third-order valence-corrected chi connectivity index (χ3v) is 9.21. The first kappa shape index (κ1) is 30.6. The third kappa shape index (κ3) is 6.78. The van der Waals surface area contributed by atoms with E-state index in [1.165, 1.54) is 29.2 Å². The van der Waals surface area contributed by atoms with Gasteiger partial charge in [0.2, 0.25) is 5.91 Å². The maximum absolute atomic E-state index is 13.6. The Morgan fingerprint density at radius 2 is 1.54 bits per heavy atom. The van der Waals surface area contributed by atoms with Crippen molar-refractivity contribution in [3.8, 4) is 17.0 Å². The normalized spacial score (nSPS) is 11.5. The van der Waals surface area contributed by atoms with Crippen molar-refractivity contribution in [3.63, 3.8) is 0 Å². The average Bonchev–Trinajstić information content (AvgIpc) is 3.56. The van der Waals surface area contributed by atoms with Crippen molar-refractivity contribution in [1.82, 2.24) is 4.98 Å². The molecular formula is C36H27N3O5S2. The van der Waals surface area contributed by atoms with E-state index in [-0.39, 0.29) is 17.0 Å². The fraction of sp³-hybridized carbons (Fsp3) is 0.0556. The Kier molecular flexibility index (Phi) is 9.09. The number of carbonyl (C=O) groups is 3. The highest BCUT2D eigenvalue weighted by atomic mass is 32.2. The molecule has 6 aromatic rings. The molecule has 1 unspecified atom stereocenters. The van der Waals surface area contributed by atoms with Crippen molar-refractivity contribution < 1.29 is 24.2 Å². The zero-order chi connectivity index (χ0) is 32.0. The number of carbonyl (C=O) groups excluding carboxylic acids is 2. The molecule has 3 N–H and O–H groups in total. The summed E-state index contributed by atoms with van der Waals surface area (Å²) in [5.41, 5.74) is 3.33. The van der Waals surface area contributed by atoms with Gasteiger partial charge in [0, 0.05) is 32.5 Å². The Balaban J connectivity index is 1.18. The van der Waals surface area contributed by atoms with Gasteiger partial charge >= 0.3 is 5.97 Å². The second-order valence-corrected chi connectivity index (χ2v) is 12.2. The predicted octanol–water partition coefficient (Wildman–Crippen LogP) is 8.39. The molecule has 8 nitrogen and oxygen atoms in total. The number of aromatic carboxylic acids is 1. The van der Waals surface area contributed by atoms with Crippen LogP contribution in [0.4, 0.5) is 10.8 Å². The van der Waals surface area contributed by atoms with Gasteiger partial charge < -0.3 is 20.5 Å². The number of anilines is 2. The van der Waals surface area contributed by atoms with Gasteiger partial charge in [-0.3, -0.25) is 9.59 Å². The van der Waals surface area contributed by atoms with Crippen molar-refractivity contribution >= 4 is 62.5 Å². The first-order valence-corrected chi connectivity index (χ1v) is 15.9. The second-order valence-electron chi connectivity index (χ2n) is 10.2. The van der Waals surface area contributed by atoms with Crippen molar-refractivity contribution in [2.24, 2.45) is 0 Å². The highest BCUT2D eigenvalue weighted by molar-refractivity contribution is 8.00. The summed E-state index contributed by atoms with van der Waals surface area (Å²) in [4.78, 5) is 44.2. The van der Waals surface area contributed by atoms with Gasteiger partial charge in [-0.2, -0.15) is 0 Å². The number of amides is 2. The van der Waals surface area contributed by atoms with E-state index in [1.54, 1.807) is 49.6 Å². The third-order valence-electron chi connectivity index (χ3n) is 7.19. The van der Waals surface area contributed by atoms with Crippen molar-refractivity contribution in [3.05, 3.63) is 137 Å². The Labute approximate surface area is 273 Å². The van der Waals surface area contributed by atoms with E-state index in [0.29, 0.717) is 21.6 Å². The molecule has 10 heteroatoms. The van der Waals surface area contributed by atoms with E-state index < -0.39 is 17.1 Å². The summed E-state index contributed by atoms with van der Waals surface area (Å²) in [6.07, 6.45) is 0. The molecule has 228 valence electrons.